The Morgan fingerprint density at radius 2 is 1.79 bits per heavy atom. The zero-order chi connectivity index (χ0) is 17.7. The third-order valence-corrected chi connectivity index (χ3v) is 5.58. The normalized spacial score (nSPS) is 12.6. The van der Waals surface area contributed by atoms with Crippen LogP contribution in [0.15, 0.2) is 28.6 Å². The van der Waals surface area contributed by atoms with Crippen molar-refractivity contribution in [2.24, 2.45) is 5.92 Å². The summed E-state index contributed by atoms with van der Waals surface area (Å²) in [7, 11) is 0. The van der Waals surface area contributed by atoms with E-state index in [1.54, 1.807) is 0 Å². The van der Waals surface area contributed by atoms with Gasteiger partial charge in [-0.3, -0.25) is 4.79 Å². The van der Waals surface area contributed by atoms with E-state index >= 15 is 0 Å². The molecular formula is C17H24N4OS2. The van der Waals surface area contributed by atoms with Crippen LogP contribution >= 0.6 is 23.1 Å². The van der Waals surface area contributed by atoms with Crippen LogP contribution in [-0.4, -0.2) is 21.9 Å². The minimum absolute atomic E-state index is 0.00111. The van der Waals surface area contributed by atoms with Gasteiger partial charge in [-0.25, -0.2) is 0 Å². The quantitative estimate of drug-likeness (QED) is 0.729. The van der Waals surface area contributed by atoms with Crippen LogP contribution in [0.5, 0.6) is 0 Å². The Hall–Kier alpha value is -1.60. The molecular weight excluding hydrogens is 340 g/mol. The van der Waals surface area contributed by atoms with E-state index in [0.717, 1.165) is 5.56 Å². The number of hydrogen-bond donors (Lipinski definition) is 2. The summed E-state index contributed by atoms with van der Waals surface area (Å²) in [6.07, 6.45) is 0. The summed E-state index contributed by atoms with van der Waals surface area (Å²) in [5.74, 6) is 1.10. The molecule has 1 atom stereocenters. The smallest absolute Gasteiger partial charge is 0.230 e. The van der Waals surface area contributed by atoms with Crippen molar-refractivity contribution in [3.8, 4) is 0 Å². The molecule has 2 aromatic rings. The second-order valence-electron chi connectivity index (χ2n) is 6.31. The molecule has 2 rings (SSSR count). The van der Waals surface area contributed by atoms with Gasteiger partial charge in [0.15, 0.2) is 4.34 Å². The Balaban J connectivity index is 1.98. The van der Waals surface area contributed by atoms with Gasteiger partial charge in [0.2, 0.25) is 11.0 Å². The summed E-state index contributed by atoms with van der Waals surface area (Å²) < 4.78 is 0.713. The number of carbonyl (C=O) groups excluding carboxylic acids is 1. The highest BCUT2D eigenvalue weighted by atomic mass is 32.2. The predicted octanol–water partition coefficient (Wildman–Crippen LogP) is 3.85. The standard InChI is InChI=1S/C17H24N4OS2/c1-10(2)12-5-7-13(8-6-12)15(11(3)4)19-14(22)9-23-17-21-20-16(18)24-17/h5-8,10-11,15H,9H2,1-4H3,(H2,18,20)(H,19,22)/t15-/m1/s1. The second-order valence-corrected chi connectivity index (χ2v) is 8.54. The average Bonchev–Trinajstić information content (AvgIpc) is 2.96. The van der Waals surface area contributed by atoms with E-state index in [0.29, 0.717) is 27.1 Å². The molecule has 1 aromatic carbocycles. The molecule has 0 aliphatic rings. The molecule has 0 saturated carbocycles. The Labute approximate surface area is 151 Å². The molecule has 0 fully saturated rings. The monoisotopic (exact) mass is 364 g/mol. The van der Waals surface area contributed by atoms with Crippen molar-refractivity contribution in [3.63, 3.8) is 0 Å². The molecule has 0 bridgehead atoms. The Morgan fingerprint density at radius 1 is 1.17 bits per heavy atom. The van der Waals surface area contributed by atoms with Crippen molar-refractivity contribution in [1.82, 2.24) is 15.5 Å². The first-order valence-corrected chi connectivity index (χ1v) is 9.78. The van der Waals surface area contributed by atoms with Crippen LogP contribution in [0, 0.1) is 5.92 Å². The molecule has 5 nitrogen and oxygen atoms in total. The number of rotatable bonds is 7. The molecule has 24 heavy (non-hydrogen) atoms. The van der Waals surface area contributed by atoms with E-state index in [1.165, 1.54) is 28.7 Å². The predicted molar refractivity (Wildman–Crippen MR) is 101 cm³/mol. The van der Waals surface area contributed by atoms with Gasteiger partial charge in [0.25, 0.3) is 0 Å². The maximum absolute atomic E-state index is 12.3. The summed E-state index contributed by atoms with van der Waals surface area (Å²) in [4.78, 5) is 12.3. The maximum Gasteiger partial charge on any atom is 0.230 e. The third kappa shape index (κ3) is 5.21. The highest BCUT2D eigenvalue weighted by Crippen LogP contribution is 2.26. The largest absolute Gasteiger partial charge is 0.374 e. The third-order valence-electron chi connectivity index (χ3n) is 3.69. The topological polar surface area (TPSA) is 80.9 Å². The Kier molecular flexibility index (Phi) is 6.62. The van der Waals surface area contributed by atoms with Crippen molar-refractivity contribution in [1.29, 1.82) is 0 Å². The number of nitrogens with two attached hydrogens (primary N) is 1. The number of benzene rings is 1. The molecule has 3 N–H and O–H groups in total. The fraction of sp³-hybridized carbons (Fsp3) is 0.471. The van der Waals surface area contributed by atoms with Gasteiger partial charge in [0.1, 0.15) is 0 Å². The summed E-state index contributed by atoms with van der Waals surface area (Å²) in [5, 5.41) is 11.2. The first kappa shape index (κ1) is 18.7. The van der Waals surface area contributed by atoms with E-state index in [9.17, 15) is 4.79 Å². The lowest BCUT2D eigenvalue weighted by Crippen LogP contribution is -2.33. The second kappa shape index (κ2) is 8.48. The Morgan fingerprint density at radius 3 is 2.29 bits per heavy atom. The maximum atomic E-state index is 12.3. The van der Waals surface area contributed by atoms with Gasteiger partial charge >= 0.3 is 0 Å². The summed E-state index contributed by atoms with van der Waals surface area (Å²) >= 11 is 2.65. The van der Waals surface area contributed by atoms with Gasteiger partial charge < -0.3 is 11.1 Å². The molecule has 0 radical (unpaired) electrons. The minimum Gasteiger partial charge on any atom is -0.374 e. The van der Waals surface area contributed by atoms with Crippen molar-refractivity contribution in [3.05, 3.63) is 35.4 Å². The van der Waals surface area contributed by atoms with Crippen LogP contribution in [0.1, 0.15) is 50.8 Å². The molecule has 1 aromatic heterocycles. The first-order chi connectivity index (χ1) is 11.4. The average molecular weight is 365 g/mol. The minimum atomic E-state index is -0.0135. The van der Waals surface area contributed by atoms with Crippen LogP contribution in [0.3, 0.4) is 0 Å². The summed E-state index contributed by atoms with van der Waals surface area (Å²) in [6.45, 7) is 8.57. The molecule has 130 valence electrons. The van der Waals surface area contributed by atoms with Crippen LogP contribution in [0.2, 0.25) is 0 Å². The van der Waals surface area contributed by atoms with E-state index in [2.05, 4.69) is 67.5 Å². The zero-order valence-electron chi connectivity index (χ0n) is 14.4. The number of hydrogen-bond acceptors (Lipinski definition) is 6. The molecule has 0 unspecified atom stereocenters. The van der Waals surface area contributed by atoms with E-state index in [-0.39, 0.29) is 11.9 Å². The number of thioether (sulfide) groups is 1. The molecule has 0 spiro atoms. The number of nitrogens with one attached hydrogen (secondary N) is 1. The number of anilines is 1. The highest BCUT2D eigenvalue weighted by molar-refractivity contribution is 8.01. The van der Waals surface area contributed by atoms with Crippen LogP contribution < -0.4 is 11.1 Å². The van der Waals surface area contributed by atoms with Crippen molar-refractivity contribution < 1.29 is 4.79 Å². The molecule has 1 heterocycles. The molecule has 0 aliphatic carbocycles. The van der Waals surface area contributed by atoms with Crippen LogP contribution in [0.25, 0.3) is 0 Å². The number of nitrogen functional groups attached to an aromatic ring is 1. The summed E-state index contributed by atoms with van der Waals surface area (Å²) in [5.41, 5.74) is 7.98. The van der Waals surface area contributed by atoms with Crippen molar-refractivity contribution in [2.75, 3.05) is 11.5 Å². The van der Waals surface area contributed by atoms with Crippen LogP contribution in [0.4, 0.5) is 5.13 Å². The van der Waals surface area contributed by atoms with Gasteiger partial charge in [-0.2, -0.15) is 0 Å². The van der Waals surface area contributed by atoms with Gasteiger partial charge in [-0.15, -0.1) is 10.2 Å². The first-order valence-electron chi connectivity index (χ1n) is 7.97. The van der Waals surface area contributed by atoms with Gasteiger partial charge in [-0.05, 0) is 23.0 Å². The van der Waals surface area contributed by atoms with Gasteiger partial charge in [0, 0.05) is 0 Å². The molecule has 7 heteroatoms. The lowest BCUT2D eigenvalue weighted by Gasteiger charge is -2.23. The zero-order valence-corrected chi connectivity index (χ0v) is 16.1. The molecule has 1 amide bonds. The van der Waals surface area contributed by atoms with Crippen LogP contribution in [-0.2, 0) is 4.79 Å². The SMILES string of the molecule is CC(C)c1ccc([C@H](NC(=O)CSc2nnc(N)s2)C(C)C)cc1. The lowest BCUT2D eigenvalue weighted by atomic mass is 9.93. The highest BCUT2D eigenvalue weighted by Gasteiger charge is 2.19. The van der Waals surface area contributed by atoms with Crippen molar-refractivity contribution >= 4 is 34.1 Å². The Bertz CT molecular complexity index is 667. The van der Waals surface area contributed by atoms with Crippen molar-refractivity contribution in [2.45, 2.75) is 44.0 Å². The number of aromatic nitrogens is 2. The molecule has 0 saturated heterocycles. The fourth-order valence-corrected chi connectivity index (χ4v) is 3.79. The summed E-state index contributed by atoms with van der Waals surface area (Å²) in [6, 6.07) is 8.50. The number of carbonyl (C=O) groups is 1. The number of nitrogens with zero attached hydrogens (tertiary/aromatic N) is 2. The van der Waals surface area contributed by atoms with E-state index in [4.69, 9.17) is 5.73 Å². The van der Waals surface area contributed by atoms with E-state index < -0.39 is 0 Å². The molecule has 0 aliphatic heterocycles. The lowest BCUT2D eigenvalue weighted by molar-refractivity contribution is -0.119. The van der Waals surface area contributed by atoms with Gasteiger partial charge in [0.05, 0.1) is 11.8 Å². The number of amides is 1. The van der Waals surface area contributed by atoms with Gasteiger partial charge in [-0.1, -0.05) is 75.1 Å². The fourth-order valence-electron chi connectivity index (χ4n) is 2.34. The van der Waals surface area contributed by atoms with E-state index in [1.807, 2.05) is 0 Å².